The predicted octanol–water partition coefficient (Wildman–Crippen LogP) is 2.10. The number of carboxylic acid groups (broad SMARTS) is 1. The molecule has 6 nitrogen and oxygen atoms in total. The SMILES string of the molecule is Cc1cc(C(=O)NC(C)CCCC(C)C(=O)O)c(C)nn1. The molecule has 0 radical (unpaired) electrons. The molecule has 0 aliphatic heterocycles. The van der Waals surface area contributed by atoms with Crippen molar-refractivity contribution in [3.8, 4) is 0 Å². The maximum atomic E-state index is 12.2. The second-order valence-electron chi connectivity index (χ2n) is 5.53. The standard InChI is InChI=1S/C15H23N3O3/c1-9(15(20)21)6-5-7-10(2)16-14(19)13-8-11(3)17-18-12(13)4/h8-10H,5-7H2,1-4H3,(H,16,19)(H,20,21). The third kappa shape index (κ3) is 5.49. The number of aryl methyl sites for hydroxylation is 2. The Balaban J connectivity index is 2.47. The van der Waals surface area contributed by atoms with Gasteiger partial charge in [0.1, 0.15) is 0 Å². The first-order valence-corrected chi connectivity index (χ1v) is 7.15. The van der Waals surface area contributed by atoms with Gasteiger partial charge >= 0.3 is 5.97 Å². The van der Waals surface area contributed by atoms with Gasteiger partial charge in [-0.1, -0.05) is 13.3 Å². The van der Waals surface area contributed by atoms with Crippen LogP contribution >= 0.6 is 0 Å². The normalized spacial score (nSPS) is 13.5. The highest BCUT2D eigenvalue weighted by Gasteiger charge is 2.15. The Morgan fingerprint density at radius 1 is 1.24 bits per heavy atom. The Hall–Kier alpha value is -1.98. The minimum Gasteiger partial charge on any atom is -0.481 e. The van der Waals surface area contributed by atoms with E-state index in [4.69, 9.17) is 5.11 Å². The van der Waals surface area contributed by atoms with Crippen LogP contribution in [0.5, 0.6) is 0 Å². The van der Waals surface area contributed by atoms with Gasteiger partial charge in [-0.2, -0.15) is 10.2 Å². The van der Waals surface area contributed by atoms with Crippen molar-refractivity contribution in [1.29, 1.82) is 0 Å². The van der Waals surface area contributed by atoms with Crippen molar-refractivity contribution in [3.63, 3.8) is 0 Å². The summed E-state index contributed by atoms with van der Waals surface area (Å²) in [6, 6.07) is 1.71. The number of aliphatic carboxylic acids is 1. The first-order valence-electron chi connectivity index (χ1n) is 7.15. The molecule has 116 valence electrons. The molecule has 2 N–H and O–H groups in total. The van der Waals surface area contributed by atoms with Gasteiger partial charge in [-0.3, -0.25) is 9.59 Å². The molecule has 2 unspecified atom stereocenters. The lowest BCUT2D eigenvalue weighted by atomic mass is 10.0. The molecule has 1 heterocycles. The number of hydrogen-bond donors (Lipinski definition) is 2. The van der Waals surface area contributed by atoms with E-state index in [0.717, 1.165) is 12.8 Å². The summed E-state index contributed by atoms with van der Waals surface area (Å²) in [6.07, 6.45) is 2.13. The van der Waals surface area contributed by atoms with Crippen LogP contribution in [-0.4, -0.2) is 33.2 Å². The molecule has 1 aromatic heterocycles. The molecule has 0 fully saturated rings. The van der Waals surface area contributed by atoms with Gasteiger partial charge in [-0.25, -0.2) is 0 Å². The third-order valence-corrected chi connectivity index (χ3v) is 3.42. The molecular weight excluding hydrogens is 270 g/mol. The van der Waals surface area contributed by atoms with Crippen molar-refractivity contribution in [2.45, 2.75) is 53.0 Å². The number of aromatic nitrogens is 2. The van der Waals surface area contributed by atoms with Gasteiger partial charge in [0.25, 0.3) is 5.91 Å². The fourth-order valence-electron chi connectivity index (χ4n) is 2.01. The van der Waals surface area contributed by atoms with E-state index in [0.29, 0.717) is 23.4 Å². The molecule has 21 heavy (non-hydrogen) atoms. The number of carboxylic acids is 1. The van der Waals surface area contributed by atoms with Crippen molar-refractivity contribution in [1.82, 2.24) is 15.5 Å². The average Bonchev–Trinajstić information content (AvgIpc) is 2.41. The number of carbonyl (C=O) groups excluding carboxylic acids is 1. The molecule has 2 atom stereocenters. The maximum absolute atomic E-state index is 12.2. The second-order valence-corrected chi connectivity index (χ2v) is 5.53. The molecule has 0 saturated carbocycles. The highest BCUT2D eigenvalue weighted by Crippen LogP contribution is 2.11. The van der Waals surface area contributed by atoms with Crippen LogP contribution in [0.3, 0.4) is 0 Å². The van der Waals surface area contributed by atoms with E-state index >= 15 is 0 Å². The van der Waals surface area contributed by atoms with Gasteiger partial charge < -0.3 is 10.4 Å². The van der Waals surface area contributed by atoms with Crippen LogP contribution in [0.15, 0.2) is 6.07 Å². The van der Waals surface area contributed by atoms with E-state index in [-0.39, 0.29) is 17.9 Å². The van der Waals surface area contributed by atoms with Crippen LogP contribution < -0.4 is 5.32 Å². The quantitative estimate of drug-likeness (QED) is 0.803. The lowest BCUT2D eigenvalue weighted by Gasteiger charge is -2.15. The number of carbonyl (C=O) groups is 2. The maximum Gasteiger partial charge on any atom is 0.306 e. The zero-order chi connectivity index (χ0) is 16.0. The first kappa shape index (κ1) is 17.1. The Kier molecular flexibility index (Phi) is 6.27. The molecule has 0 saturated heterocycles. The van der Waals surface area contributed by atoms with Crippen molar-refractivity contribution >= 4 is 11.9 Å². The number of nitrogens with one attached hydrogen (secondary N) is 1. The fraction of sp³-hybridized carbons (Fsp3) is 0.600. The van der Waals surface area contributed by atoms with Gasteiger partial charge in [-0.15, -0.1) is 0 Å². The van der Waals surface area contributed by atoms with E-state index in [1.165, 1.54) is 0 Å². The number of rotatable bonds is 7. The smallest absolute Gasteiger partial charge is 0.306 e. The molecule has 0 spiro atoms. The zero-order valence-electron chi connectivity index (χ0n) is 13.0. The molecule has 0 bridgehead atoms. The zero-order valence-corrected chi connectivity index (χ0v) is 13.0. The topological polar surface area (TPSA) is 92.2 Å². The van der Waals surface area contributed by atoms with Crippen molar-refractivity contribution < 1.29 is 14.7 Å². The van der Waals surface area contributed by atoms with E-state index in [1.807, 2.05) is 6.92 Å². The van der Waals surface area contributed by atoms with Crippen LogP contribution in [0.1, 0.15) is 54.9 Å². The summed E-state index contributed by atoms with van der Waals surface area (Å²) in [5.74, 6) is -1.29. The molecule has 0 aliphatic rings. The highest BCUT2D eigenvalue weighted by molar-refractivity contribution is 5.95. The number of hydrogen-bond acceptors (Lipinski definition) is 4. The van der Waals surface area contributed by atoms with E-state index in [1.54, 1.807) is 26.8 Å². The molecule has 1 aromatic rings. The lowest BCUT2D eigenvalue weighted by molar-refractivity contribution is -0.141. The van der Waals surface area contributed by atoms with Crippen LogP contribution in [-0.2, 0) is 4.79 Å². The van der Waals surface area contributed by atoms with Crippen molar-refractivity contribution in [3.05, 3.63) is 23.0 Å². The van der Waals surface area contributed by atoms with Crippen LogP contribution in [0, 0.1) is 19.8 Å². The van der Waals surface area contributed by atoms with Crippen LogP contribution in [0.25, 0.3) is 0 Å². The third-order valence-electron chi connectivity index (χ3n) is 3.42. The van der Waals surface area contributed by atoms with E-state index in [9.17, 15) is 9.59 Å². The van der Waals surface area contributed by atoms with E-state index in [2.05, 4.69) is 15.5 Å². The summed E-state index contributed by atoms with van der Waals surface area (Å²) < 4.78 is 0. The summed E-state index contributed by atoms with van der Waals surface area (Å²) in [5.41, 5.74) is 1.84. The number of amides is 1. The molecule has 6 heteroatoms. The summed E-state index contributed by atoms with van der Waals surface area (Å²) in [4.78, 5) is 22.9. The molecular formula is C15H23N3O3. The summed E-state index contributed by atoms with van der Waals surface area (Å²) in [7, 11) is 0. The minimum atomic E-state index is -0.777. The Bertz CT molecular complexity index is 517. The predicted molar refractivity (Wildman–Crippen MR) is 79.1 cm³/mol. The molecule has 1 amide bonds. The monoisotopic (exact) mass is 293 g/mol. The van der Waals surface area contributed by atoms with Crippen LogP contribution in [0.2, 0.25) is 0 Å². The largest absolute Gasteiger partial charge is 0.481 e. The van der Waals surface area contributed by atoms with Crippen LogP contribution in [0.4, 0.5) is 0 Å². The fourth-order valence-corrected chi connectivity index (χ4v) is 2.01. The molecule has 0 aromatic carbocycles. The highest BCUT2D eigenvalue weighted by atomic mass is 16.4. The minimum absolute atomic E-state index is 0.00799. The lowest BCUT2D eigenvalue weighted by Crippen LogP contribution is -2.33. The molecule has 0 aliphatic carbocycles. The van der Waals surface area contributed by atoms with Gasteiger partial charge in [0.05, 0.1) is 22.9 Å². The summed E-state index contributed by atoms with van der Waals surface area (Å²) in [5, 5.41) is 19.6. The van der Waals surface area contributed by atoms with Gasteiger partial charge in [-0.05, 0) is 39.7 Å². The van der Waals surface area contributed by atoms with Gasteiger partial charge in [0.2, 0.25) is 0 Å². The molecule has 1 rings (SSSR count). The Morgan fingerprint density at radius 3 is 2.52 bits per heavy atom. The summed E-state index contributed by atoms with van der Waals surface area (Å²) in [6.45, 7) is 7.15. The Morgan fingerprint density at radius 2 is 1.90 bits per heavy atom. The van der Waals surface area contributed by atoms with Gasteiger partial charge in [0.15, 0.2) is 0 Å². The second kappa shape index (κ2) is 7.71. The Labute approximate surface area is 125 Å². The average molecular weight is 293 g/mol. The van der Waals surface area contributed by atoms with Crippen molar-refractivity contribution in [2.24, 2.45) is 5.92 Å². The number of nitrogens with zero attached hydrogens (tertiary/aromatic N) is 2. The first-order chi connectivity index (χ1) is 9.81. The van der Waals surface area contributed by atoms with E-state index < -0.39 is 5.97 Å². The van der Waals surface area contributed by atoms with Crippen molar-refractivity contribution in [2.75, 3.05) is 0 Å². The summed E-state index contributed by atoms with van der Waals surface area (Å²) >= 11 is 0. The van der Waals surface area contributed by atoms with Gasteiger partial charge in [0, 0.05) is 6.04 Å².